The molecule has 0 aromatic heterocycles. The number of anilines is 2. The highest BCUT2D eigenvalue weighted by molar-refractivity contribution is 5.89. The predicted octanol–water partition coefficient (Wildman–Crippen LogP) is 3.08. The first-order valence-electron chi connectivity index (χ1n) is 7.72. The Morgan fingerprint density at radius 1 is 0.958 bits per heavy atom. The van der Waals surface area contributed by atoms with Crippen LogP contribution in [0.4, 0.5) is 16.2 Å². The van der Waals surface area contributed by atoms with Gasteiger partial charge in [-0.25, -0.2) is 4.79 Å². The summed E-state index contributed by atoms with van der Waals surface area (Å²) >= 11 is 0. The summed E-state index contributed by atoms with van der Waals surface area (Å²) < 4.78 is 10.1. The SMILES string of the molecule is COCCNc1ccc(CNC(=O)Nc2ccc(OC)cc2)cc1. The van der Waals surface area contributed by atoms with Crippen molar-refractivity contribution >= 4 is 17.4 Å². The summed E-state index contributed by atoms with van der Waals surface area (Å²) in [5, 5.41) is 8.85. The standard InChI is InChI=1S/C18H23N3O3/c1-23-12-11-19-15-5-3-14(4-6-15)13-20-18(22)21-16-7-9-17(24-2)10-8-16/h3-10,19H,11-13H2,1-2H3,(H2,20,21,22). The Balaban J connectivity index is 1.76. The summed E-state index contributed by atoms with van der Waals surface area (Å²) in [6, 6.07) is 14.8. The zero-order valence-electron chi connectivity index (χ0n) is 14.0. The van der Waals surface area contributed by atoms with Crippen LogP contribution in [0.1, 0.15) is 5.56 Å². The minimum absolute atomic E-state index is 0.248. The highest BCUT2D eigenvalue weighted by atomic mass is 16.5. The summed E-state index contributed by atoms with van der Waals surface area (Å²) in [4.78, 5) is 11.9. The molecule has 0 saturated heterocycles. The Morgan fingerprint density at radius 3 is 2.25 bits per heavy atom. The van der Waals surface area contributed by atoms with Crippen molar-refractivity contribution < 1.29 is 14.3 Å². The van der Waals surface area contributed by atoms with Crippen LogP contribution in [-0.2, 0) is 11.3 Å². The first-order valence-corrected chi connectivity index (χ1v) is 7.72. The van der Waals surface area contributed by atoms with Gasteiger partial charge in [0, 0.05) is 31.6 Å². The third kappa shape index (κ3) is 5.81. The fourth-order valence-corrected chi connectivity index (χ4v) is 2.07. The Hall–Kier alpha value is -2.73. The van der Waals surface area contributed by atoms with E-state index in [4.69, 9.17) is 9.47 Å². The van der Waals surface area contributed by atoms with Gasteiger partial charge in [-0.2, -0.15) is 0 Å². The van der Waals surface area contributed by atoms with Gasteiger partial charge in [-0.1, -0.05) is 12.1 Å². The van der Waals surface area contributed by atoms with Gasteiger partial charge >= 0.3 is 6.03 Å². The second kappa shape index (κ2) is 9.42. The lowest BCUT2D eigenvalue weighted by molar-refractivity contribution is 0.211. The quantitative estimate of drug-likeness (QED) is 0.651. The number of carbonyl (C=O) groups excluding carboxylic acids is 1. The molecule has 24 heavy (non-hydrogen) atoms. The normalized spacial score (nSPS) is 10.1. The molecule has 0 bridgehead atoms. The van der Waals surface area contributed by atoms with E-state index in [9.17, 15) is 4.79 Å². The van der Waals surface area contributed by atoms with Gasteiger partial charge in [0.25, 0.3) is 0 Å². The molecule has 3 N–H and O–H groups in total. The Bertz CT molecular complexity index is 627. The molecule has 0 heterocycles. The van der Waals surface area contributed by atoms with E-state index >= 15 is 0 Å². The predicted molar refractivity (Wildman–Crippen MR) is 95.7 cm³/mol. The molecule has 0 spiro atoms. The van der Waals surface area contributed by atoms with Crippen LogP contribution in [0.5, 0.6) is 5.75 Å². The summed E-state index contributed by atoms with van der Waals surface area (Å²) in [7, 11) is 3.28. The van der Waals surface area contributed by atoms with Crippen LogP contribution < -0.4 is 20.7 Å². The van der Waals surface area contributed by atoms with Crippen molar-refractivity contribution in [3.63, 3.8) is 0 Å². The molecule has 2 rings (SSSR count). The molecule has 0 saturated carbocycles. The van der Waals surface area contributed by atoms with Crippen molar-refractivity contribution in [3.05, 3.63) is 54.1 Å². The molecule has 0 fully saturated rings. The first kappa shape index (κ1) is 17.6. The van der Waals surface area contributed by atoms with Gasteiger partial charge in [-0.05, 0) is 42.0 Å². The number of hydrogen-bond donors (Lipinski definition) is 3. The Labute approximate surface area is 142 Å². The summed E-state index contributed by atoms with van der Waals surface area (Å²) in [5.74, 6) is 0.750. The zero-order chi connectivity index (χ0) is 17.2. The van der Waals surface area contributed by atoms with Crippen LogP contribution in [0, 0.1) is 0 Å². The van der Waals surface area contributed by atoms with E-state index in [1.54, 1.807) is 38.5 Å². The summed E-state index contributed by atoms with van der Waals surface area (Å²) in [6.07, 6.45) is 0. The maximum absolute atomic E-state index is 11.9. The zero-order valence-corrected chi connectivity index (χ0v) is 14.0. The van der Waals surface area contributed by atoms with Crippen molar-refractivity contribution in [2.24, 2.45) is 0 Å². The van der Waals surface area contributed by atoms with E-state index in [2.05, 4.69) is 16.0 Å². The van der Waals surface area contributed by atoms with Gasteiger partial charge in [0.2, 0.25) is 0 Å². The fraction of sp³-hybridized carbons (Fsp3) is 0.278. The molecule has 0 aliphatic carbocycles. The van der Waals surface area contributed by atoms with Crippen molar-refractivity contribution in [2.75, 3.05) is 38.0 Å². The number of rotatable bonds is 8. The van der Waals surface area contributed by atoms with Crippen molar-refractivity contribution in [2.45, 2.75) is 6.54 Å². The highest BCUT2D eigenvalue weighted by Gasteiger charge is 2.02. The van der Waals surface area contributed by atoms with Gasteiger partial charge in [0.15, 0.2) is 0 Å². The fourth-order valence-electron chi connectivity index (χ4n) is 2.07. The van der Waals surface area contributed by atoms with Crippen LogP contribution in [0.3, 0.4) is 0 Å². The third-order valence-electron chi connectivity index (χ3n) is 3.39. The molecule has 2 amide bonds. The van der Waals surface area contributed by atoms with E-state index < -0.39 is 0 Å². The summed E-state index contributed by atoms with van der Waals surface area (Å²) in [5.41, 5.74) is 2.77. The number of nitrogens with one attached hydrogen (secondary N) is 3. The van der Waals surface area contributed by atoms with Crippen LogP contribution >= 0.6 is 0 Å². The first-order chi connectivity index (χ1) is 11.7. The van der Waals surface area contributed by atoms with E-state index in [1.165, 1.54) is 0 Å². The van der Waals surface area contributed by atoms with E-state index in [1.807, 2.05) is 24.3 Å². The third-order valence-corrected chi connectivity index (χ3v) is 3.39. The minimum atomic E-state index is -0.248. The van der Waals surface area contributed by atoms with Crippen LogP contribution in [-0.4, -0.2) is 33.4 Å². The lowest BCUT2D eigenvalue weighted by Gasteiger charge is -2.09. The molecular weight excluding hydrogens is 306 g/mol. The van der Waals surface area contributed by atoms with Crippen molar-refractivity contribution in [1.29, 1.82) is 0 Å². The number of amides is 2. The van der Waals surface area contributed by atoms with Crippen molar-refractivity contribution in [1.82, 2.24) is 5.32 Å². The second-order valence-corrected chi connectivity index (χ2v) is 5.15. The maximum atomic E-state index is 11.9. The topological polar surface area (TPSA) is 71.6 Å². The molecular formula is C18H23N3O3. The molecule has 6 nitrogen and oxygen atoms in total. The molecule has 0 atom stereocenters. The number of hydrogen-bond acceptors (Lipinski definition) is 4. The van der Waals surface area contributed by atoms with Gasteiger partial charge in [-0.15, -0.1) is 0 Å². The number of benzene rings is 2. The monoisotopic (exact) mass is 329 g/mol. The maximum Gasteiger partial charge on any atom is 0.319 e. The Morgan fingerprint density at radius 2 is 1.62 bits per heavy atom. The van der Waals surface area contributed by atoms with Crippen LogP contribution in [0.15, 0.2) is 48.5 Å². The lowest BCUT2D eigenvalue weighted by atomic mass is 10.2. The lowest BCUT2D eigenvalue weighted by Crippen LogP contribution is -2.28. The smallest absolute Gasteiger partial charge is 0.319 e. The van der Waals surface area contributed by atoms with Crippen LogP contribution in [0.25, 0.3) is 0 Å². The van der Waals surface area contributed by atoms with Gasteiger partial charge < -0.3 is 25.4 Å². The average Bonchev–Trinajstić information content (AvgIpc) is 2.62. The Kier molecular flexibility index (Phi) is 6.91. The van der Waals surface area contributed by atoms with Gasteiger partial charge in [0.05, 0.1) is 13.7 Å². The molecule has 2 aromatic rings. The second-order valence-electron chi connectivity index (χ2n) is 5.15. The molecule has 0 unspecified atom stereocenters. The molecule has 0 aliphatic heterocycles. The molecule has 2 aromatic carbocycles. The summed E-state index contributed by atoms with van der Waals surface area (Å²) in [6.45, 7) is 1.88. The number of carbonyl (C=O) groups is 1. The molecule has 0 radical (unpaired) electrons. The van der Waals surface area contributed by atoms with E-state index in [-0.39, 0.29) is 6.03 Å². The largest absolute Gasteiger partial charge is 0.497 e. The average molecular weight is 329 g/mol. The van der Waals surface area contributed by atoms with E-state index in [0.717, 1.165) is 23.5 Å². The van der Waals surface area contributed by atoms with Crippen LogP contribution in [0.2, 0.25) is 0 Å². The number of methoxy groups -OCH3 is 2. The number of ether oxygens (including phenoxy) is 2. The van der Waals surface area contributed by atoms with Gasteiger partial charge in [-0.3, -0.25) is 0 Å². The van der Waals surface area contributed by atoms with Crippen molar-refractivity contribution in [3.8, 4) is 5.75 Å². The number of urea groups is 1. The van der Waals surface area contributed by atoms with E-state index in [0.29, 0.717) is 18.8 Å². The van der Waals surface area contributed by atoms with Gasteiger partial charge in [0.1, 0.15) is 5.75 Å². The minimum Gasteiger partial charge on any atom is -0.497 e. The molecule has 128 valence electrons. The molecule has 0 aliphatic rings. The highest BCUT2D eigenvalue weighted by Crippen LogP contribution is 2.15. The molecule has 6 heteroatoms.